The van der Waals surface area contributed by atoms with Crippen LogP contribution in [0.1, 0.15) is 12.0 Å². The Hall–Kier alpha value is -1.73. The van der Waals surface area contributed by atoms with Gasteiger partial charge in [-0.05, 0) is 26.2 Å². The minimum atomic E-state index is -0.351. The van der Waals surface area contributed by atoms with Crippen molar-refractivity contribution in [3.05, 3.63) is 30.2 Å². The minimum Gasteiger partial charge on any atom is -0.485 e. The van der Waals surface area contributed by atoms with Crippen LogP contribution in [0.15, 0.2) is 33.9 Å². The predicted octanol–water partition coefficient (Wildman–Crippen LogP) is 2.24. The second-order valence-electron chi connectivity index (χ2n) is 4.92. The second kappa shape index (κ2) is 6.36. The second-order valence-corrected chi connectivity index (χ2v) is 5.97. The summed E-state index contributed by atoms with van der Waals surface area (Å²) in [7, 11) is 4.06. The van der Waals surface area contributed by atoms with Gasteiger partial charge in [0.1, 0.15) is 6.61 Å². The topological polar surface area (TPSA) is 60.6 Å². The standard InChI is InChI=1S/C14H17N3O3S/c1-17(2)7-8-21-14-16-15-13(20-14)12-9-18-10-5-3-4-6-11(10)19-12/h3-6,12H,7-9H2,1-2H3/t12-/m0/s1. The molecule has 1 aliphatic heterocycles. The van der Waals surface area contributed by atoms with Crippen LogP contribution in [0.25, 0.3) is 0 Å². The number of ether oxygens (including phenoxy) is 2. The average molecular weight is 307 g/mol. The Bertz CT molecular complexity index is 603. The maximum absolute atomic E-state index is 5.84. The molecule has 0 radical (unpaired) electrons. The molecule has 0 saturated heterocycles. The maximum atomic E-state index is 5.84. The first kappa shape index (κ1) is 14.2. The van der Waals surface area contributed by atoms with E-state index < -0.39 is 0 Å². The first-order valence-electron chi connectivity index (χ1n) is 6.72. The number of fused-ring (bicyclic) bond motifs is 1. The van der Waals surface area contributed by atoms with Crippen molar-refractivity contribution in [3.8, 4) is 11.5 Å². The van der Waals surface area contributed by atoms with E-state index in [1.807, 2.05) is 38.4 Å². The van der Waals surface area contributed by atoms with E-state index in [9.17, 15) is 0 Å². The number of benzene rings is 1. The minimum absolute atomic E-state index is 0.351. The summed E-state index contributed by atoms with van der Waals surface area (Å²) in [6.45, 7) is 1.33. The monoisotopic (exact) mass is 307 g/mol. The highest BCUT2D eigenvalue weighted by Crippen LogP contribution is 2.35. The fraction of sp³-hybridized carbons (Fsp3) is 0.429. The van der Waals surface area contributed by atoms with E-state index in [0.717, 1.165) is 18.0 Å². The molecule has 0 N–H and O–H groups in total. The summed E-state index contributed by atoms with van der Waals surface area (Å²) in [6, 6.07) is 7.56. The third-order valence-electron chi connectivity index (χ3n) is 2.97. The molecule has 0 unspecified atom stereocenters. The Morgan fingerprint density at radius 2 is 2.05 bits per heavy atom. The molecule has 0 fully saturated rings. The molecule has 21 heavy (non-hydrogen) atoms. The van der Waals surface area contributed by atoms with Gasteiger partial charge in [0.15, 0.2) is 11.5 Å². The van der Waals surface area contributed by atoms with Crippen molar-refractivity contribution in [1.29, 1.82) is 0 Å². The van der Waals surface area contributed by atoms with Crippen molar-refractivity contribution < 1.29 is 13.9 Å². The van der Waals surface area contributed by atoms with Gasteiger partial charge >= 0.3 is 0 Å². The summed E-state index contributed by atoms with van der Waals surface area (Å²) in [6.07, 6.45) is -0.351. The van der Waals surface area contributed by atoms with Crippen molar-refractivity contribution in [1.82, 2.24) is 15.1 Å². The third kappa shape index (κ3) is 3.48. The zero-order valence-corrected chi connectivity index (χ0v) is 12.8. The van der Waals surface area contributed by atoms with Crippen molar-refractivity contribution >= 4 is 11.8 Å². The van der Waals surface area contributed by atoms with E-state index >= 15 is 0 Å². The highest BCUT2D eigenvalue weighted by molar-refractivity contribution is 7.99. The van der Waals surface area contributed by atoms with Crippen LogP contribution in [0, 0.1) is 0 Å². The molecule has 3 rings (SSSR count). The predicted molar refractivity (Wildman–Crippen MR) is 78.9 cm³/mol. The Balaban J connectivity index is 1.62. The van der Waals surface area contributed by atoms with E-state index in [1.165, 1.54) is 0 Å². The van der Waals surface area contributed by atoms with Crippen LogP contribution in [0.5, 0.6) is 11.5 Å². The van der Waals surface area contributed by atoms with Crippen LogP contribution in [0.2, 0.25) is 0 Å². The van der Waals surface area contributed by atoms with Gasteiger partial charge in [-0.15, -0.1) is 10.2 Å². The van der Waals surface area contributed by atoms with E-state index in [1.54, 1.807) is 11.8 Å². The summed E-state index contributed by atoms with van der Waals surface area (Å²) in [5.74, 6) is 2.80. The highest BCUT2D eigenvalue weighted by Gasteiger charge is 2.27. The van der Waals surface area contributed by atoms with Crippen molar-refractivity contribution in [2.24, 2.45) is 0 Å². The molecule has 0 aliphatic carbocycles. The van der Waals surface area contributed by atoms with Gasteiger partial charge < -0.3 is 18.8 Å². The summed E-state index contributed by atoms with van der Waals surface area (Å²) in [5, 5.41) is 8.66. The Morgan fingerprint density at radius 3 is 2.86 bits per heavy atom. The summed E-state index contributed by atoms with van der Waals surface area (Å²) in [5.41, 5.74) is 0. The Kier molecular flexibility index (Phi) is 4.31. The smallest absolute Gasteiger partial charge is 0.276 e. The summed E-state index contributed by atoms with van der Waals surface area (Å²) >= 11 is 1.54. The molecule has 1 atom stereocenters. The largest absolute Gasteiger partial charge is 0.485 e. The number of hydrogen-bond acceptors (Lipinski definition) is 7. The number of aromatic nitrogens is 2. The molecule has 0 bridgehead atoms. The zero-order chi connectivity index (χ0) is 14.7. The molecular weight excluding hydrogens is 290 g/mol. The van der Waals surface area contributed by atoms with Gasteiger partial charge in [-0.25, -0.2) is 0 Å². The first-order chi connectivity index (χ1) is 10.2. The van der Waals surface area contributed by atoms with Crippen LogP contribution in [0.3, 0.4) is 0 Å². The molecule has 6 nitrogen and oxygen atoms in total. The molecule has 7 heteroatoms. The van der Waals surface area contributed by atoms with Gasteiger partial charge in [0.05, 0.1) is 0 Å². The molecular formula is C14H17N3O3S. The number of para-hydroxylation sites is 2. The molecule has 1 aromatic heterocycles. The molecule has 1 aliphatic rings. The zero-order valence-electron chi connectivity index (χ0n) is 12.0. The van der Waals surface area contributed by atoms with Crippen LogP contribution in [-0.2, 0) is 0 Å². The average Bonchev–Trinajstić information content (AvgIpc) is 2.95. The van der Waals surface area contributed by atoms with Crippen LogP contribution >= 0.6 is 11.8 Å². The van der Waals surface area contributed by atoms with E-state index in [2.05, 4.69) is 15.1 Å². The molecule has 0 saturated carbocycles. The van der Waals surface area contributed by atoms with Crippen LogP contribution in [-0.4, -0.2) is 48.1 Å². The summed E-state index contributed by atoms with van der Waals surface area (Å²) in [4.78, 5) is 2.11. The van der Waals surface area contributed by atoms with E-state index in [4.69, 9.17) is 13.9 Å². The van der Waals surface area contributed by atoms with E-state index in [0.29, 0.717) is 23.5 Å². The van der Waals surface area contributed by atoms with Gasteiger partial charge in [-0.1, -0.05) is 23.9 Å². The SMILES string of the molecule is CN(C)CCSc1nnc([C@@H]2COc3ccccc3O2)o1. The van der Waals surface area contributed by atoms with Crippen molar-refractivity contribution in [2.45, 2.75) is 11.3 Å². The normalized spacial score (nSPS) is 17.2. The lowest BCUT2D eigenvalue weighted by molar-refractivity contribution is 0.0686. The number of thioether (sulfide) groups is 1. The Labute approximate surface area is 127 Å². The van der Waals surface area contributed by atoms with E-state index in [-0.39, 0.29) is 6.10 Å². The highest BCUT2D eigenvalue weighted by atomic mass is 32.2. The van der Waals surface area contributed by atoms with Crippen LogP contribution in [0.4, 0.5) is 0 Å². The lowest BCUT2D eigenvalue weighted by Crippen LogP contribution is -2.21. The molecule has 1 aromatic carbocycles. The lowest BCUT2D eigenvalue weighted by atomic mass is 10.2. The maximum Gasteiger partial charge on any atom is 0.276 e. The third-order valence-corrected chi connectivity index (χ3v) is 3.77. The van der Waals surface area contributed by atoms with Gasteiger partial charge in [-0.2, -0.15) is 0 Å². The Morgan fingerprint density at radius 1 is 1.24 bits per heavy atom. The van der Waals surface area contributed by atoms with Gasteiger partial charge in [0, 0.05) is 12.3 Å². The molecule has 2 aromatic rings. The number of nitrogens with zero attached hydrogens (tertiary/aromatic N) is 3. The quantitative estimate of drug-likeness (QED) is 0.785. The van der Waals surface area contributed by atoms with Gasteiger partial charge in [-0.3, -0.25) is 0 Å². The van der Waals surface area contributed by atoms with Gasteiger partial charge in [0.25, 0.3) is 11.1 Å². The van der Waals surface area contributed by atoms with Crippen molar-refractivity contribution in [3.63, 3.8) is 0 Å². The van der Waals surface area contributed by atoms with Crippen molar-refractivity contribution in [2.75, 3.05) is 33.0 Å². The molecule has 0 amide bonds. The number of hydrogen-bond donors (Lipinski definition) is 0. The molecule has 112 valence electrons. The fourth-order valence-corrected chi connectivity index (χ4v) is 2.74. The molecule has 0 spiro atoms. The first-order valence-corrected chi connectivity index (χ1v) is 7.70. The lowest BCUT2D eigenvalue weighted by Gasteiger charge is -2.23. The summed E-state index contributed by atoms with van der Waals surface area (Å²) < 4.78 is 17.1. The number of rotatable bonds is 5. The van der Waals surface area contributed by atoms with Crippen LogP contribution < -0.4 is 9.47 Å². The van der Waals surface area contributed by atoms with Gasteiger partial charge in [0.2, 0.25) is 6.10 Å². The molecule has 2 heterocycles. The fourth-order valence-electron chi connectivity index (χ4n) is 1.87.